The van der Waals surface area contributed by atoms with Crippen molar-refractivity contribution in [3.8, 4) is 0 Å². The minimum Gasteiger partial charge on any atom is -0.348 e. The van der Waals surface area contributed by atoms with E-state index in [-0.39, 0.29) is 0 Å². The molecule has 1 aliphatic rings. The molecule has 6 heteroatoms. The van der Waals surface area contributed by atoms with E-state index in [0.717, 1.165) is 44.2 Å². The van der Waals surface area contributed by atoms with Crippen LogP contribution in [-0.4, -0.2) is 39.1 Å². The molecular weight excluding hydrogens is 240 g/mol. The molecule has 0 unspecified atom stereocenters. The van der Waals surface area contributed by atoms with Crippen LogP contribution in [0.4, 0.5) is 5.95 Å². The molecule has 2 aromatic rings. The topological polar surface area (TPSA) is 69.7 Å². The number of nitrogens with one attached hydrogen (secondary N) is 2. The third-order valence-electron chi connectivity index (χ3n) is 3.44. The molecule has 0 spiro atoms. The lowest BCUT2D eigenvalue weighted by Gasteiger charge is -2.32. The number of anilines is 1. The van der Waals surface area contributed by atoms with Gasteiger partial charge in [0, 0.05) is 43.9 Å². The summed E-state index contributed by atoms with van der Waals surface area (Å²) in [5.74, 6) is 1.83. The number of piperidine rings is 1. The Bertz CT molecular complexity index is 475. The van der Waals surface area contributed by atoms with E-state index in [1.807, 2.05) is 12.3 Å². The van der Waals surface area contributed by atoms with Gasteiger partial charge in [0.05, 0.1) is 6.54 Å². The van der Waals surface area contributed by atoms with Crippen LogP contribution in [0.25, 0.3) is 0 Å². The van der Waals surface area contributed by atoms with Crippen LogP contribution in [0.5, 0.6) is 0 Å². The highest BCUT2D eigenvalue weighted by molar-refractivity contribution is 5.29. The average Bonchev–Trinajstić information content (AvgIpc) is 3.00. The summed E-state index contributed by atoms with van der Waals surface area (Å²) in [6.07, 6.45) is 9.45. The fourth-order valence-electron chi connectivity index (χ4n) is 2.37. The molecule has 19 heavy (non-hydrogen) atoms. The first-order valence-corrected chi connectivity index (χ1v) is 6.65. The van der Waals surface area contributed by atoms with E-state index >= 15 is 0 Å². The summed E-state index contributed by atoms with van der Waals surface area (Å²) in [5.41, 5.74) is 0. The molecule has 0 bridgehead atoms. The first-order valence-electron chi connectivity index (χ1n) is 6.65. The fourth-order valence-corrected chi connectivity index (χ4v) is 2.37. The summed E-state index contributed by atoms with van der Waals surface area (Å²) in [6, 6.07) is 2.39. The van der Waals surface area contributed by atoms with Gasteiger partial charge in [0.1, 0.15) is 5.82 Å². The number of hydrogen-bond acceptors (Lipinski definition) is 5. The second-order valence-corrected chi connectivity index (χ2v) is 4.73. The SMILES string of the molecule is c1cnc(N2CCC(NCc3ncc[nH]3)CC2)nc1. The Hall–Kier alpha value is -1.95. The van der Waals surface area contributed by atoms with Gasteiger partial charge < -0.3 is 15.2 Å². The van der Waals surface area contributed by atoms with Gasteiger partial charge in [-0.15, -0.1) is 0 Å². The van der Waals surface area contributed by atoms with E-state index in [4.69, 9.17) is 0 Å². The number of aromatic nitrogens is 4. The predicted octanol–water partition coefficient (Wildman–Crippen LogP) is 0.958. The summed E-state index contributed by atoms with van der Waals surface area (Å²) < 4.78 is 0. The molecule has 1 aliphatic heterocycles. The third kappa shape index (κ3) is 3.08. The van der Waals surface area contributed by atoms with Gasteiger partial charge in [0.2, 0.25) is 5.95 Å². The van der Waals surface area contributed by atoms with Gasteiger partial charge in [-0.1, -0.05) is 0 Å². The molecule has 6 nitrogen and oxygen atoms in total. The molecule has 2 aromatic heterocycles. The molecule has 3 rings (SSSR count). The first-order chi connectivity index (χ1) is 9.42. The highest BCUT2D eigenvalue weighted by Crippen LogP contribution is 2.15. The molecule has 2 N–H and O–H groups in total. The van der Waals surface area contributed by atoms with E-state index in [9.17, 15) is 0 Å². The van der Waals surface area contributed by atoms with Gasteiger partial charge >= 0.3 is 0 Å². The second kappa shape index (κ2) is 5.79. The monoisotopic (exact) mass is 258 g/mol. The predicted molar refractivity (Wildman–Crippen MR) is 72.7 cm³/mol. The summed E-state index contributed by atoms with van der Waals surface area (Å²) in [7, 11) is 0. The molecule has 1 saturated heterocycles. The number of nitrogens with zero attached hydrogens (tertiary/aromatic N) is 4. The van der Waals surface area contributed by atoms with Gasteiger partial charge in [0.25, 0.3) is 0 Å². The molecule has 1 fully saturated rings. The molecule has 0 radical (unpaired) electrons. The van der Waals surface area contributed by atoms with Crippen LogP contribution in [0.15, 0.2) is 30.9 Å². The lowest BCUT2D eigenvalue weighted by molar-refractivity contribution is 0.407. The number of H-pyrrole nitrogens is 1. The molecule has 0 atom stereocenters. The maximum absolute atomic E-state index is 4.29. The Labute approximate surface area is 112 Å². The number of rotatable bonds is 4. The average molecular weight is 258 g/mol. The highest BCUT2D eigenvalue weighted by atomic mass is 15.3. The number of hydrogen-bond donors (Lipinski definition) is 2. The van der Waals surface area contributed by atoms with Crippen LogP contribution in [-0.2, 0) is 6.54 Å². The molecule has 100 valence electrons. The third-order valence-corrected chi connectivity index (χ3v) is 3.44. The van der Waals surface area contributed by atoms with Crippen molar-refractivity contribution in [3.63, 3.8) is 0 Å². The first kappa shape index (κ1) is 12.1. The largest absolute Gasteiger partial charge is 0.348 e. The van der Waals surface area contributed by atoms with Crippen molar-refractivity contribution in [2.45, 2.75) is 25.4 Å². The van der Waals surface area contributed by atoms with Gasteiger partial charge in [-0.2, -0.15) is 0 Å². The minimum absolute atomic E-state index is 0.546. The van der Waals surface area contributed by atoms with E-state index in [1.165, 1.54) is 0 Å². The number of imidazole rings is 1. The van der Waals surface area contributed by atoms with Crippen LogP contribution in [0.3, 0.4) is 0 Å². The van der Waals surface area contributed by atoms with Gasteiger partial charge in [0.15, 0.2) is 0 Å². The van der Waals surface area contributed by atoms with E-state index < -0.39 is 0 Å². The summed E-state index contributed by atoms with van der Waals surface area (Å²) in [4.78, 5) is 18.2. The summed E-state index contributed by atoms with van der Waals surface area (Å²) in [5, 5.41) is 3.53. The van der Waals surface area contributed by atoms with Crippen molar-refractivity contribution in [1.29, 1.82) is 0 Å². The van der Waals surface area contributed by atoms with Crippen LogP contribution in [0.1, 0.15) is 18.7 Å². The summed E-state index contributed by atoms with van der Waals surface area (Å²) in [6.45, 7) is 2.80. The Morgan fingerprint density at radius 2 is 1.95 bits per heavy atom. The van der Waals surface area contributed by atoms with Crippen LogP contribution in [0, 0.1) is 0 Å². The van der Waals surface area contributed by atoms with Crippen LogP contribution >= 0.6 is 0 Å². The smallest absolute Gasteiger partial charge is 0.225 e. The molecule has 3 heterocycles. The lowest BCUT2D eigenvalue weighted by atomic mass is 10.1. The fraction of sp³-hybridized carbons (Fsp3) is 0.462. The van der Waals surface area contributed by atoms with Crippen molar-refractivity contribution in [3.05, 3.63) is 36.7 Å². The van der Waals surface area contributed by atoms with Crippen LogP contribution < -0.4 is 10.2 Å². The Morgan fingerprint density at radius 1 is 1.16 bits per heavy atom. The molecule has 0 aliphatic carbocycles. The second-order valence-electron chi connectivity index (χ2n) is 4.73. The lowest BCUT2D eigenvalue weighted by Crippen LogP contribution is -2.43. The van der Waals surface area contributed by atoms with Crippen molar-refractivity contribution < 1.29 is 0 Å². The molecule has 0 aromatic carbocycles. The maximum Gasteiger partial charge on any atom is 0.225 e. The maximum atomic E-state index is 4.29. The van der Waals surface area contributed by atoms with Gasteiger partial charge in [-0.25, -0.2) is 15.0 Å². The molecular formula is C13H18N6. The van der Waals surface area contributed by atoms with Crippen molar-refractivity contribution in [1.82, 2.24) is 25.3 Å². The zero-order chi connectivity index (χ0) is 12.9. The minimum atomic E-state index is 0.546. The quantitative estimate of drug-likeness (QED) is 0.854. The Morgan fingerprint density at radius 3 is 2.63 bits per heavy atom. The van der Waals surface area contributed by atoms with E-state index in [2.05, 4.69) is 30.2 Å². The Kier molecular flexibility index (Phi) is 3.69. The normalized spacial score (nSPS) is 16.7. The standard InChI is InChI=1S/C13H18N6/c1-4-16-13(17-5-1)19-8-2-11(3-9-19)18-10-12-14-6-7-15-12/h1,4-7,11,18H,2-3,8-10H2,(H,14,15). The van der Waals surface area contributed by atoms with Gasteiger partial charge in [-0.3, -0.25) is 0 Å². The Balaban J connectivity index is 1.47. The van der Waals surface area contributed by atoms with Crippen molar-refractivity contribution in [2.75, 3.05) is 18.0 Å². The zero-order valence-corrected chi connectivity index (χ0v) is 10.8. The van der Waals surface area contributed by atoms with Crippen molar-refractivity contribution >= 4 is 5.95 Å². The highest BCUT2D eigenvalue weighted by Gasteiger charge is 2.20. The molecule has 0 amide bonds. The number of aromatic amines is 1. The van der Waals surface area contributed by atoms with Gasteiger partial charge in [-0.05, 0) is 18.9 Å². The van der Waals surface area contributed by atoms with Crippen LogP contribution in [0.2, 0.25) is 0 Å². The zero-order valence-electron chi connectivity index (χ0n) is 10.8. The van der Waals surface area contributed by atoms with Crippen molar-refractivity contribution in [2.24, 2.45) is 0 Å². The van der Waals surface area contributed by atoms with E-state index in [1.54, 1.807) is 18.6 Å². The molecule has 0 saturated carbocycles. The van der Waals surface area contributed by atoms with E-state index in [0.29, 0.717) is 6.04 Å². The summed E-state index contributed by atoms with van der Waals surface area (Å²) >= 11 is 0.